The average molecular weight is 282 g/mol. The fraction of sp³-hybridized carbons (Fsp3) is 0.429. The predicted octanol–water partition coefficient (Wildman–Crippen LogP) is 7.03. The van der Waals surface area contributed by atoms with Crippen molar-refractivity contribution in [2.45, 2.75) is 59.3 Å². The summed E-state index contributed by atoms with van der Waals surface area (Å²) in [6.07, 6.45) is 8.49. The van der Waals surface area contributed by atoms with Gasteiger partial charge in [0.2, 0.25) is 0 Å². The summed E-state index contributed by atoms with van der Waals surface area (Å²) in [6.45, 7) is 6.62. The second-order valence-electron chi connectivity index (χ2n) is 5.65. The Morgan fingerprint density at radius 3 is 1.52 bits per heavy atom. The van der Waals surface area contributed by atoms with E-state index in [0.717, 1.165) is 0 Å². The quantitative estimate of drug-likeness (QED) is 0.499. The van der Waals surface area contributed by atoms with Gasteiger partial charge in [-0.1, -0.05) is 113 Å². The van der Waals surface area contributed by atoms with Crippen LogP contribution in [0, 0.1) is 6.92 Å². The van der Waals surface area contributed by atoms with Crippen molar-refractivity contribution in [2.75, 3.05) is 0 Å². The minimum atomic E-state index is 1.28. The summed E-state index contributed by atoms with van der Waals surface area (Å²) in [5, 5.41) is 0. The van der Waals surface area contributed by atoms with E-state index in [1.807, 2.05) is 6.07 Å². The lowest BCUT2D eigenvalue weighted by molar-refractivity contribution is 0.624. The molecule has 0 bridgehead atoms. The van der Waals surface area contributed by atoms with Crippen LogP contribution in [0.4, 0.5) is 0 Å². The molecule has 0 atom stereocenters. The highest BCUT2D eigenvalue weighted by atomic mass is 14.0. The molecule has 0 saturated carbocycles. The number of hydrogen-bond donors (Lipinski definition) is 0. The summed E-state index contributed by atoms with van der Waals surface area (Å²) in [6, 6.07) is 19.0. The zero-order chi connectivity index (χ0) is 15.3. The third-order valence-electron chi connectivity index (χ3n) is 3.62. The van der Waals surface area contributed by atoms with Crippen LogP contribution >= 0.6 is 0 Å². The van der Waals surface area contributed by atoms with Crippen LogP contribution in [0.15, 0.2) is 54.6 Å². The molecule has 0 aliphatic rings. The first-order valence-corrected chi connectivity index (χ1v) is 8.40. The molecule has 0 unspecified atom stereocenters. The van der Waals surface area contributed by atoms with E-state index in [9.17, 15) is 0 Å². The van der Waals surface area contributed by atoms with Crippen LogP contribution in [0.3, 0.4) is 0 Å². The van der Waals surface area contributed by atoms with Gasteiger partial charge in [-0.05, 0) is 18.1 Å². The van der Waals surface area contributed by atoms with Gasteiger partial charge in [0.15, 0.2) is 0 Å². The fourth-order valence-electron chi connectivity index (χ4n) is 2.23. The second-order valence-corrected chi connectivity index (χ2v) is 5.65. The van der Waals surface area contributed by atoms with Crippen LogP contribution in [-0.4, -0.2) is 0 Å². The second kappa shape index (κ2) is 11.1. The molecule has 2 rings (SSSR count). The average Bonchev–Trinajstić information content (AvgIpc) is 2.54. The summed E-state index contributed by atoms with van der Waals surface area (Å²) < 4.78 is 0. The van der Waals surface area contributed by atoms with E-state index < -0.39 is 0 Å². The van der Waals surface area contributed by atoms with Crippen molar-refractivity contribution in [3.8, 4) is 11.1 Å². The summed E-state index contributed by atoms with van der Waals surface area (Å²) in [5.41, 5.74) is 3.87. The van der Waals surface area contributed by atoms with E-state index in [1.54, 1.807) is 0 Å². The predicted molar refractivity (Wildman–Crippen MR) is 95.7 cm³/mol. The maximum absolute atomic E-state index is 2.26. The molecule has 0 radical (unpaired) electrons. The van der Waals surface area contributed by atoms with E-state index in [4.69, 9.17) is 0 Å². The number of aryl methyl sites for hydroxylation is 1. The molecular formula is C21H30. The maximum atomic E-state index is 2.26. The highest BCUT2D eigenvalue weighted by Crippen LogP contribution is 2.18. The third-order valence-corrected chi connectivity index (χ3v) is 3.62. The molecule has 0 saturated heterocycles. The topological polar surface area (TPSA) is 0 Å². The Morgan fingerprint density at radius 1 is 0.571 bits per heavy atom. The summed E-state index contributed by atoms with van der Waals surface area (Å²) in [5.74, 6) is 0. The summed E-state index contributed by atoms with van der Waals surface area (Å²) in [7, 11) is 0. The Kier molecular flexibility index (Phi) is 9.28. The molecule has 0 amide bonds. The summed E-state index contributed by atoms with van der Waals surface area (Å²) in [4.78, 5) is 0. The van der Waals surface area contributed by atoms with Gasteiger partial charge >= 0.3 is 0 Å². The highest BCUT2D eigenvalue weighted by molar-refractivity contribution is 5.63. The van der Waals surface area contributed by atoms with Gasteiger partial charge in [-0.25, -0.2) is 0 Å². The van der Waals surface area contributed by atoms with Crippen LogP contribution in [-0.2, 0) is 0 Å². The van der Waals surface area contributed by atoms with Crippen molar-refractivity contribution in [1.29, 1.82) is 0 Å². The van der Waals surface area contributed by atoms with Gasteiger partial charge in [-0.15, -0.1) is 0 Å². The molecule has 114 valence electrons. The van der Waals surface area contributed by atoms with Gasteiger partial charge in [0, 0.05) is 0 Å². The minimum absolute atomic E-state index is 1.28. The van der Waals surface area contributed by atoms with Crippen LogP contribution < -0.4 is 0 Å². The number of unbranched alkanes of at least 4 members (excludes halogenated alkanes) is 5. The zero-order valence-electron chi connectivity index (χ0n) is 13.9. The van der Waals surface area contributed by atoms with Crippen molar-refractivity contribution in [2.24, 2.45) is 0 Å². The largest absolute Gasteiger partial charge is 0.0654 e. The zero-order valence-corrected chi connectivity index (χ0v) is 13.9. The van der Waals surface area contributed by atoms with Gasteiger partial charge < -0.3 is 0 Å². The fourth-order valence-corrected chi connectivity index (χ4v) is 2.23. The van der Waals surface area contributed by atoms with Crippen molar-refractivity contribution >= 4 is 0 Å². The molecule has 0 aliphatic carbocycles. The van der Waals surface area contributed by atoms with E-state index in [0.29, 0.717) is 0 Å². The van der Waals surface area contributed by atoms with E-state index in [1.165, 1.54) is 55.2 Å². The number of rotatable bonds is 6. The molecule has 2 aromatic carbocycles. The molecule has 2 aromatic rings. The van der Waals surface area contributed by atoms with Crippen LogP contribution in [0.25, 0.3) is 11.1 Å². The first-order valence-electron chi connectivity index (χ1n) is 8.40. The Balaban J connectivity index is 0.000000240. The van der Waals surface area contributed by atoms with Crippen molar-refractivity contribution in [3.63, 3.8) is 0 Å². The molecule has 0 aromatic heterocycles. The summed E-state index contributed by atoms with van der Waals surface area (Å²) >= 11 is 0. The van der Waals surface area contributed by atoms with Crippen LogP contribution in [0.2, 0.25) is 0 Å². The van der Waals surface area contributed by atoms with Crippen molar-refractivity contribution in [1.82, 2.24) is 0 Å². The molecule has 21 heavy (non-hydrogen) atoms. The number of benzene rings is 2. The van der Waals surface area contributed by atoms with Gasteiger partial charge in [0.05, 0.1) is 0 Å². The molecular weight excluding hydrogens is 252 g/mol. The molecule has 0 N–H and O–H groups in total. The Hall–Kier alpha value is -1.56. The third kappa shape index (κ3) is 7.70. The number of hydrogen-bond acceptors (Lipinski definition) is 0. The standard InChI is InChI=1S/C13H12.C8H18/c1-11-7-9-13(10-8-11)12-5-3-2-4-6-12;1-3-5-7-8-6-4-2/h2-10H,1H3;3-8H2,1-2H3. The smallest absolute Gasteiger partial charge is 0.0184 e. The van der Waals surface area contributed by atoms with Crippen LogP contribution in [0.1, 0.15) is 57.9 Å². The van der Waals surface area contributed by atoms with Gasteiger partial charge in [0.25, 0.3) is 0 Å². The monoisotopic (exact) mass is 282 g/mol. The lowest BCUT2D eigenvalue weighted by Gasteiger charge is -2.00. The molecule has 0 heterocycles. The molecule has 0 nitrogen and oxygen atoms in total. The molecule has 0 spiro atoms. The Morgan fingerprint density at radius 2 is 1.05 bits per heavy atom. The molecule has 0 fully saturated rings. The van der Waals surface area contributed by atoms with E-state index >= 15 is 0 Å². The van der Waals surface area contributed by atoms with Crippen molar-refractivity contribution in [3.05, 3.63) is 60.2 Å². The SMILES string of the molecule is CCCCCCCC.Cc1ccc(-c2ccccc2)cc1. The van der Waals surface area contributed by atoms with Gasteiger partial charge in [-0.2, -0.15) is 0 Å². The lowest BCUT2D eigenvalue weighted by atomic mass is 10.0. The Labute approximate surface area is 131 Å². The highest BCUT2D eigenvalue weighted by Gasteiger charge is 1.93. The minimum Gasteiger partial charge on any atom is -0.0654 e. The Bertz CT molecular complexity index is 447. The molecule has 0 heteroatoms. The first-order chi connectivity index (χ1) is 10.3. The molecule has 0 aliphatic heterocycles. The van der Waals surface area contributed by atoms with Gasteiger partial charge in [-0.3, -0.25) is 0 Å². The van der Waals surface area contributed by atoms with E-state index in [2.05, 4.69) is 69.3 Å². The van der Waals surface area contributed by atoms with E-state index in [-0.39, 0.29) is 0 Å². The van der Waals surface area contributed by atoms with Gasteiger partial charge in [0.1, 0.15) is 0 Å². The van der Waals surface area contributed by atoms with Crippen LogP contribution in [0.5, 0.6) is 0 Å². The first kappa shape index (κ1) is 17.5. The van der Waals surface area contributed by atoms with Crippen molar-refractivity contribution < 1.29 is 0 Å². The normalized spacial score (nSPS) is 9.86. The maximum Gasteiger partial charge on any atom is -0.0184 e. The lowest BCUT2D eigenvalue weighted by Crippen LogP contribution is -1.76.